The van der Waals surface area contributed by atoms with Crippen molar-refractivity contribution in [3.05, 3.63) is 35.9 Å². The zero-order valence-electron chi connectivity index (χ0n) is 15.2. The highest BCUT2D eigenvalue weighted by molar-refractivity contribution is 5.91. The number of amides is 3. The second-order valence-corrected chi connectivity index (χ2v) is 7.49. The van der Waals surface area contributed by atoms with Crippen molar-refractivity contribution in [2.75, 3.05) is 19.6 Å². The minimum Gasteiger partial charge on any atom is -0.350 e. The largest absolute Gasteiger partial charge is 0.350 e. The summed E-state index contributed by atoms with van der Waals surface area (Å²) in [7, 11) is 0. The summed E-state index contributed by atoms with van der Waals surface area (Å²) >= 11 is 0. The number of carbonyl (C=O) groups is 3. The number of nitrogens with one attached hydrogen (secondary N) is 2. The lowest BCUT2D eigenvalue weighted by Gasteiger charge is -2.21. The molecule has 1 aliphatic rings. The minimum atomic E-state index is -0.384. The van der Waals surface area contributed by atoms with Crippen LogP contribution < -0.4 is 10.6 Å². The van der Waals surface area contributed by atoms with Gasteiger partial charge in [-0.2, -0.15) is 0 Å². The molecule has 1 aliphatic heterocycles. The predicted octanol–water partition coefficient (Wildman–Crippen LogP) is 1.11. The first-order valence-corrected chi connectivity index (χ1v) is 8.65. The molecule has 2 N–H and O–H groups in total. The number of rotatable bonds is 6. The lowest BCUT2D eigenvalue weighted by atomic mass is 10.1. The van der Waals surface area contributed by atoms with Crippen molar-refractivity contribution in [1.82, 2.24) is 15.5 Å². The van der Waals surface area contributed by atoms with Gasteiger partial charge in [0.1, 0.15) is 0 Å². The molecule has 0 radical (unpaired) electrons. The lowest BCUT2D eigenvalue weighted by Crippen LogP contribution is -2.46. The van der Waals surface area contributed by atoms with E-state index < -0.39 is 0 Å². The molecule has 0 aromatic heterocycles. The van der Waals surface area contributed by atoms with Gasteiger partial charge in [-0.05, 0) is 32.8 Å². The van der Waals surface area contributed by atoms with E-state index in [-0.39, 0.29) is 42.1 Å². The van der Waals surface area contributed by atoms with Gasteiger partial charge in [-0.25, -0.2) is 0 Å². The van der Waals surface area contributed by atoms with Crippen LogP contribution in [0.4, 0.5) is 0 Å². The maximum Gasteiger partial charge on any atom is 0.239 e. The van der Waals surface area contributed by atoms with Crippen LogP contribution in [0.2, 0.25) is 0 Å². The number of nitrogens with zero attached hydrogens (tertiary/aromatic N) is 1. The Labute approximate surface area is 149 Å². The van der Waals surface area contributed by atoms with E-state index in [4.69, 9.17) is 0 Å². The Morgan fingerprint density at radius 3 is 2.52 bits per heavy atom. The van der Waals surface area contributed by atoms with Crippen LogP contribution in [0.3, 0.4) is 0 Å². The van der Waals surface area contributed by atoms with E-state index in [0.717, 1.165) is 6.42 Å². The molecule has 0 spiro atoms. The molecule has 136 valence electrons. The molecule has 2 rings (SSSR count). The highest BCUT2D eigenvalue weighted by Crippen LogP contribution is 2.18. The van der Waals surface area contributed by atoms with Crippen molar-refractivity contribution >= 4 is 17.7 Å². The Bertz CT molecular complexity index is 623. The first-order chi connectivity index (χ1) is 11.7. The average molecular weight is 345 g/mol. The van der Waals surface area contributed by atoms with E-state index in [9.17, 15) is 14.4 Å². The molecular formula is C19H27N3O3. The van der Waals surface area contributed by atoms with Crippen LogP contribution in [0.25, 0.3) is 0 Å². The van der Waals surface area contributed by atoms with E-state index in [1.165, 1.54) is 5.56 Å². The zero-order valence-corrected chi connectivity index (χ0v) is 15.2. The molecular weight excluding hydrogens is 318 g/mol. The van der Waals surface area contributed by atoms with Gasteiger partial charge in [0, 0.05) is 25.0 Å². The Kier molecular flexibility index (Phi) is 6.17. The highest BCUT2D eigenvalue weighted by atomic mass is 16.2. The SMILES string of the molecule is CC(C)(C)NC(=O)CNC(=O)C1CC(=O)N(CCc2ccccc2)C1. The summed E-state index contributed by atoms with van der Waals surface area (Å²) in [5.41, 5.74) is 0.835. The smallest absolute Gasteiger partial charge is 0.239 e. The molecule has 1 aromatic carbocycles. The molecule has 0 aliphatic carbocycles. The Hall–Kier alpha value is -2.37. The summed E-state index contributed by atoms with van der Waals surface area (Å²) in [5, 5.41) is 5.42. The second kappa shape index (κ2) is 8.14. The summed E-state index contributed by atoms with van der Waals surface area (Å²) in [5.74, 6) is -0.855. The van der Waals surface area contributed by atoms with Crippen molar-refractivity contribution in [1.29, 1.82) is 0 Å². The van der Waals surface area contributed by atoms with E-state index in [2.05, 4.69) is 10.6 Å². The molecule has 1 unspecified atom stereocenters. The molecule has 3 amide bonds. The molecule has 25 heavy (non-hydrogen) atoms. The molecule has 1 aromatic rings. The first kappa shape index (κ1) is 19.0. The topological polar surface area (TPSA) is 78.5 Å². The average Bonchev–Trinajstić information content (AvgIpc) is 2.91. The van der Waals surface area contributed by atoms with E-state index in [0.29, 0.717) is 13.1 Å². The van der Waals surface area contributed by atoms with Crippen molar-refractivity contribution in [2.45, 2.75) is 39.2 Å². The zero-order chi connectivity index (χ0) is 18.4. The lowest BCUT2D eigenvalue weighted by molar-refractivity contribution is -0.129. The van der Waals surface area contributed by atoms with Gasteiger partial charge >= 0.3 is 0 Å². The van der Waals surface area contributed by atoms with Crippen LogP contribution in [-0.2, 0) is 20.8 Å². The highest BCUT2D eigenvalue weighted by Gasteiger charge is 2.34. The quantitative estimate of drug-likeness (QED) is 0.811. The first-order valence-electron chi connectivity index (χ1n) is 8.65. The van der Waals surface area contributed by atoms with Gasteiger partial charge < -0.3 is 15.5 Å². The molecule has 0 bridgehead atoms. The van der Waals surface area contributed by atoms with E-state index in [1.807, 2.05) is 51.1 Å². The van der Waals surface area contributed by atoms with Crippen molar-refractivity contribution in [3.63, 3.8) is 0 Å². The Morgan fingerprint density at radius 2 is 1.88 bits per heavy atom. The molecule has 6 nitrogen and oxygen atoms in total. The molecule has 1 fully saturated rings. The van der Waals surface area contributed by atoms with Gasteiger partial charge in [-0.3, -0.25) is 14.4 Å². The van der Waals surface area contributed by atoms with Gasteiger partial charge in [0.05, 0.1) is 12.5 Å². The minimum absolute atomic E-state index is 0.00442. The van der Waals surface area contributed by atoms with Gasteiger partial charge in [-0.1, -0.05) is 30.3 Å². The van der Waals surface area contributed by atoms with Crippen molar-refractivity contribution in [3.8, 4) is 0 Å². The van der Waals surface area contributed by atoms with Crippen LogP contribution in [-0.4, -0.2) is 47.8 Å². The van der Waals surface area contributed by atoms with E-state index in [1.54, 1.807) is 4.90 Å². The summed E-state index contributed by atoms with van der Waals surface area (Å²) in [6.45, 7) is 6.60. The van der Waals surface area contributed by atoms with Crippen LogP contribution in [0.15, 0.2) is 30.3 Å². The second-order valence-electron chi connectivity index (χ2n) is 7.49. The summed E-state index contributed by atoms with van der Waals surface area (Å²) < 4.78 is 0. The number of benzene rings is 1. The fourth-order valence-corrected chi connectivity index (χ4v) is 2.85. The number of likely N-dealkylation sites (tertiary alicyclic amines) is 1. The fraction of sp³-hybridized carbons (Fsp3) is 0.526. The Morgan fingerprint density at radius 1 is 1.20 bits per heavy atom. The van der Waals surface area contributed by atoms with Gasteiger partial charge in [-0.15, -0.1) is 0 Å². The van der Waals surface area contributed by atoms with Crippen LogP contribution in [0.1, 0.15) is 32.8 Å². The maximum absolute atomic E-state index is 12.2. The van der Waals surface area contributed by atoms with Crippen LogP contribution in [0, 0.1) is 5.92 Å². The number of hydrogen-bond donors (Lipinski definition) is 2. The van der Waals surface area contributed by atoms with Gasteiger partial charge in [0.2, 0.25) is 17.7 Å². The summed E-state index contributed by atoms with van der Waals surface area (Å²) in [6.07, 6.45) is 0.983. The molecule has 1 atom stereocenters. The Balaban J connectivity index is 1.77. The standard InChI is InChI=1S/C19H27N3O3/c1-19(2,3)21-16(23)12-20-18(25)15-11-17(24)22(13-15)10-9-14-7-5-4-6-8-14/h4-8,15H,9-13H2,1-3H3,(H,20,25)(H,21,23). The maximum atomic E-state index is 12.2. The third-order valence-electron chi connectivity index (χ3n) is 4.04. The van der Waals surface area contributed by atoms with Gasteiger partial charge in [0.25, 0.3) is 0 Å². The molecule has 6 heteroatoms. The van der Waals surface area contributed by atoms with Gasteiger partial charge in [0.15, 0.2) is 0 Å². The molecule has 1 heterocycles. The van der Waals surface area contributed by atoms with E-state index >= 15 is 0 Å². The third kappa shape index (κ3) is 6.21. The molecule has 0 saturated carbocycles. The predicted molar refractivity (Wildman–Crippen MR) is 95.7 cm³/mol. The van der Waals surface area contributed by atoms with Crippen molar-refractivity contribution < 1.29 is 14.4 Å². The number of hydrogen-bond acceptors (Lipinski definition) is 3. The monoisotopic (exact) mass is 345 g/mol. The fourth-order valence-electron chi connectivity index (χ4n) is 2.85. The summed E-state index contributed by atoms with van der Waals surface area (Å²) in [6, 6.07) is 9.96. The normalized spacial score (nSPS) is 17.5. The molecule has 1 saturated heterocycles. The number of carbonyl (C=O) groups excluding carboxylic acids is 3. The van der Waals surface area contributed by atoms with Crippen molar-refractivity contribution in [2.24, 2.45) is 5.92 Å². The van der Waals surface area contributed by atoms with Crippen LogP contribution in [0.5, 0.6) is 0 Å². The summed E-state index contributed by atoms with van der Waals surface area (Å²) in [4.78, 5) is 37.8. The van der Waals surface area contributed by atoms with Crippen LogP contribution >= 0.6 is 0 Å². The third-order valence-corrected chi connectivity index (χ3v) is 4.04.